The molecule has 0 amide bonds. The van der Waals surface area contributed by atoms with Gasteiger partial charge in [-0.1, -0.05) is 33.8 Å². The van der Waals surface area contributed by atoms with Crippen LogP contribution < -0.4 is 0 Å². The maximum absolute atomic E-state index is 2.42. The van der Waals surface area contributed by atoms with Crippen molar-refractivity contribution in [3.8, 4) is 0 Å². The molecule has 1 rings (SSSR count). The number of aryl methyl sites for hydroxylation is 1. The Morgan fingerprint density at radius 3 is 1.82 bits per heavy atom. The van der Waals surface area contributed by atoms with Gasteiger partial charge in [-0.3, -0.25) is 0 Å². The molecule has 0 heteroatoms. The molecule has 0 saturated carbocycles. The summed E-state index contributed by atoms with van der Waals surface area (Å²) < 4.78 is 0. The van der Waals surface area contributed by atoms with Gasteiger partial charge in [0.05, 0.1) is 0 Å². The summed E-state index contributed by atoms with van der Waals surface area (Å²) in [6.07, 6.45) is 2.41. The van der Waals surface area contributed by atoms with E-state index in [1.807, 2.05) is 0 Å². The van der Waals surface area contributed by atoms with Gasteiger partial charge < -0.3 is 0 Å². The third kappa shape index (κ3) is 3.59. The molecule has 0 radical (unpaired) electrons. The van der Waals surface area contributed by atoms with Crippen molar-refractivity contribution in [3.05, 3.63) is 33.9 Å². The Morgan fingerprint density at radius 1 is 0.824 bits per heavy atom. The predicted octanol–water partition coefficient (Wildman–Crippen LogP) is 5.01. The van der Waals surface area contributed by atoms with Gasteiger partial charge in [-0.25, -0.2) is 0 Å². The van der Waals surface area contributed by atoms with Crippen molar-refractivity contribution in [3.63, 3.8) is 0 Å². The SMILES string of the molecule is Cc1cc(CC(C)C)c(C)c(C)c1CC(C)C. The average molecular weight is 232 g/mol. The molecule has 0 saturated heterocycles. The number of benzene rings is 1. The lowest BCUT2D eigenvalue weighted by Gasteiger charge is -2.19. The highest BCUT2D eigenvalue weighted by atomic mass is 14.2. The molecular weight excluding hydrogens is 204 g/mol. The van der Waals surface area contributed by atoms with Crippen molar-refractivity contribution in [1.29, 1.82) is 0 Å². The van der Waals surface area contributed by atoms with Gasteiger partial charge in [0.15, 0.2) is 0 Å². The average Bonchev–Trinajstić information content (AvgIpc) is 2.20. The third-order valence-electron chi connectivity index (χ3n) is 3.60. The molecule has 0 unspecified atom stereocenters. The summed E-state index contributed by atoms with van der Waals surface area (Å²) in [6.45, 7) is 16.1. The topological polar surface area (TPSA) is 0 Å². The zero-order valence-corrected chi connectivity index (χ0v) is 12.6. The van der Waals surface area contributed by atoms with E-state index < -0.39 is 0 Å². The van der Waals surface area contributed by atoms with Gasteiger partial charge >= 0.3 is 0 Å². The Hall–Kier alpha value is -0.780. The first-order valence-electron chi connectivity index (χ1n) is 6.91. The molecule has 0 aliphatic carbocycles. The summed E-state index contributed by atoms with van der Waals surface area (Å²) in [7, 11) is 0. The van der Waals surface area contributed by atoms with Gasteiger partial charge in [-0.05, 0) is 73.3 Å². The summed E-state index contributed by atoms with van der Waals surface area (Å²) in [4.78, 5) is 0. The van der Waals surface area contributed by atoms with E-state index in [9.17, 15) is 0 Å². The predicted molar refractivity (Wildman–Crippen MR) is 77.7 cm³/mol. The normalized spacial score (nSPS) is 11.6. The Morgan fingerprint density at radius 2 is 1.35 bits per heavy atom. The smallest absolute Gasteiger partial charge is 0.0250 e. The highest BCUT2D eigenvalue weighted by molar-refractivity contribution is 5.44. The zero-order valence-electron chi connectivity index (χ0n) is 12.6. The van der Waals surface area contributed by atoms with Gasteiger partial charge in [0.25, 0.3) is 0 Å². The van der Waals surface area contributed by atoms with Crippen LogP contribution in [-0.2, 0) is 12.8 Å². The molecule has 0 aliphatic rings. The first-order valence-corrected chi connectivity index (χ1v) is 6.91. The first kappa shape index (κ1) is 14.3. The minimum atomic E-state index is 0.739. The first-order chi connectivity index (χ1) is 7.82. The number of hydrogen-bond acceptors (Lipinski definition) is 0. The van der Waals surface area contributed by atoms with Gasteiger partial charge in [-0.2, -0.15) is 0 Å². The van der Waals surface area contributed by atoms with E-state index in [1.165, 1.54) is 29.5 Å². The second kappa shape index (κ2) is 5.71. The molecular formula is C17H28. The highest BCUT2D eigenvalue weighted by Crippen LogP contribution is 2.26. The van der Waals surface area contributed by atoms with Crippen LogP contribution in [0.25, 0.3) is 0 Å². The molecule has 0 aliphatic heterocycles. The van der Waals surface area contributed by atoms with Crippen LogP contribution >= 0.6 is 0 Å². The van der Waals surface area contributed by atoms with Crippen LogP contribution in [0.15, 0.2) is 6.07 Å². The van der Waals surface area contributed by atoms with Gasteiger partial charge in [0.2, 0.25) is 0 Å². The van der Waals surface area contributed by atoms with E-state index in [0.29, 0.717) is 0 Å². The number of hydrogen-bond donors (Lipinski definition) is 0. The molecule has 17 heavy (non-hydrogen) atoms. The van der Waals surface area contributed by atoms with Crippen LogP contribution in [0, 0.1) is 32.6 Å². The molecule has 0 atom stereocenters. The fourth-order valence-corrected chi connectivity index (χ4v) is 2.59. The second-order valence-electron chi connectivity index (χ2n) is 6.28. The summed E-state index contributed by atoms with van der Waals surface area (Å²) in [5.74, 6) is 1.48. The van der Waals surface area contributed by atoms with E-state index in [2.05, 4.69) is 54.5 Å². The third-order valence-corrected chi connectivity index (χ3v) is 3.60. The minimum absolute atomic E-state index is 0.739. The molecule has 0 fully saturated rings. The summed E-state index contributed by atoms with van der Waals surface area (Å²) in [5, 5.41) is 0. The minimum Gasteiger partial charge on any atom is -0.0625 e. The van der Waals surface area contributed by atoms with Crippen molar-refractivity contribution in [2.24, 2.45) is 11.8 Å². The Balaban J connectivity index is 3.17. The molecule has 0 bridgehead atoms. The van der Waals surface area contributed by atoms with Crippen molar-refractivity contribution in [2.45, 2.75) is 61.3 Å². The Labute approximate surface area is 107 Å². The highest BCUT2D eigenvalue weighted by Gasteiger charge is 2.12. The molecule has 0 nitrogen and oxygen atoms in total. The van der Waals surface area contributed by atoms with Crippen LogP contribution in [0.3, 0.4) is 0 Å². The van der Waals surface area contributed by atoms with Crippen molar-refractivity contribution in [1.82, 2.24) is 0 Å². The monoisotopic (exact) mass is 232 g/mol. The number of rotatable bonds is 4. The van der Waals surface area contributed by atoms with E-state index in [0.717, 1.165) is 11.8 Å². The maximum Gasteiger partial charge on any atom is -0.0250 e. The van der Waals surface area contributed by atoms with Gasteiger partial charge in [0, 0.05) is 0 Å². The zero-order chi connectivity index (χ0) is 13.2. The van der Waals surface area contributed by atoms with Crippen LogP contribution in [0.4, 0.5) is 0 Å². The van der Waals surface area contributed by atoms with E-state index >= 15 is 0 Å². The molecule has 96 valence electrons. The van der Waals surface area contributed by atoms with Crippen molar-refractivity contribution in [2.75, 3.05) is 0 Å². The fraction of sp³-hybridized carbons (Fsp3) is 0.647. The summed E-state index contributed by atoms with van der Waals surface area (Å²) >= 11 is 0. The molecule has 1 aromatic carbocycles. The Kier molecular flexibility index (Phi) is 4.80. The van der Waals surface area contributed by atoms with Crippen molar-refractivity contribution >= 4 is 0 Å². The molecule has 0 aromatic heterocycles. The van der Waals surface area contributed by atoms with E-state index in [-0.39, 0.29) is 0 Å². The van der Waals surface area contributed by atoms with E-state index in [4.69, 9.17) is 0 Å². The second-order valence-corrected chi connectivity index (χ2v) is 6.28. The van der Waals surface area contributed by atoms with Gasteiger partial charge in [-0.15, -0.1) is 0 Å². The fourth-order valence-electron chi connectivity index (χ4n) is 2.59. The van der Waals surface area contributed by atoms with Crippen LogP contribution in [0.5, 0.6) is 0 Å². The molecule has 0 N–H and O–H groups in total. The molecule has 0 heterocycles. The Bertz CT molecular complexity index is 384. The molecule has 0 spiro atoms. The maximum atomic E-state index is 2.42. The van der Waals surface area contributed by atoms with Crippen LogP contribution in [0.2, 0.25) is 0 Å². The standard InChI is InChI=1S/C17H28/c1-11(2)8-16-10-13(5)17(9-12(3)4)15(7)14(16)6/h10-12H,8-9H2,1-7H3. The van der Waals surface area contributed by atoms with E-state index in [1.54, 1.807) is 11.1 Å². The summed E-state index contributed by atoms with van der Waals surface area (Å²) in [5.41, 5.74) is 7.64. The lowest BCUT2D eigenvalue weighted by atomic mass is 9.87. The van der Waals surface area contributed by atoms with Crippen LogP contribution in [0.1, 0.15) is 55.5 Å². The lowest BCUT2D eigenvalue weighted by Crippen LogP contribution is -2.06. The van der Waals surface area contributed by atoms with Gasteiger partial charge in [0.1, 0.15) is 0 Å². The largest absolute Gasteiger partial charge is 0.0625 e. The van der Waals surface area contributed by atoms with Crippen LogP contribution in [-0.4, -0.2) is 0 Å². The quantitative estimate of drug-likeness (QED) is 0.684. The lowest BCUT2D eigenvalue weighted by molar-refractivity contribution is 0.633. The molecule has 1 aromatic rings. The summed E-state index contributed by atoms with van der Waals surface area (Å²) in [6, 6.07) is 2.42. The van der Waals surface area contributed by atoms with Crippen molar-refractivity contribution < 1.29 is 0 Å².